The molecule has 1 spiro atoms. The molecule has 6 rings (SSSR count). The van der Waals surface area contributed by atoms with Gasteiger partial charge in [-0.2, -0.15) is 0 Å². The second-order valence-corrected chi connectivity index (χ2v) is 11.4. The summed E-state index contributed by atoms with van der Waals surface area (Å²) in [5, 5.41) is 19.4. The maximum atomic E-state index is 13.8. The van der Waals surface area contributed by atoms with Crippen molar-refractivity contribution in [2.75, 3.05) is 13.1 Å². The predicted molar refractivity (Wildman–Crippen MR) is 136 cm³/mol. The van der Waals surface area contributed by atoms with Gasteiger partial charge >= 0.3 is 0 Å². The summed E-state index contributed by atoms with van der Waals surface area (Å²) < 4.78 is 1.77. The molecule has 0 bridgehead atoms. The number of carbonyl (C=O) groups excluding carboxylic acids is 4. The Hall–Kier alpha value is -3.47. The van der Waals surface area contributed by atoms with Gasteiger partial charge in [-0.05, 0) is 68.9 Å². The number of aliphatic hydroxyl groups is 1. The zero-order valence-electron chi connectivity index (χ0n) is 21.3. The van der Waals surface area contributed by atoms with Crippen molar-refractivity contribution < 1.29 is 24.3 Å². The largest absolute Gasteiger partial charge is 0.381 e. The van der Waals surface area contributed by atoms with E-state index in [4.69, 9.17) is 0 Å². The monoisotopic (exact) mass is 522 g/mol. The maximum absolute atomic E-state index is 13.8. The van der Waals surface area contributed by atoms with Gasteiger partial charge in [0.25, 0.3) is 11.8 Å². The summed E-state index contributed by atoms with van der Waals surface area (Å²) in [6, 6.07) is 3.87. The van der Waals surface area contributed by atoms with Gasteiger partial charge in [0, 0.05) is 37.4 Å². The van der Waals surface area contributed by atoms with Crippen LogP contribution in [0, 0.1) is 11.3 Å². The van der Waals surface area contributed by atoms with Crippen molar-refractivity contribution in [2.24, 2.45) is 11.3 Å². The Kier molecular flexibility index (Phi) is 6.33. The molecule has 4 N–H and O–H groups in total. The number of hydrogen-bond acceptors (Lipinski definition) is 6. The van der Waals surface area contributed by atoms with E-state index in [9.17, 15) is 24.3 Å². The molecule has 2 saturated heterocycles. The first-order chi connectivity index (χ1) is 18.3. The van der Waals surface area contributed by atoms with Gasteiger partial charge in [-0.1, -0.05) is 6.07 Å². The van der Waals surface area contributed by atoms with Crippen molar-refractivity contribution >= 4 is 29.3 Å². The summed E-state index contributed by atoms with van der Waals surface area (Å²) in [5.74, 6) is -1.81. The Morgan fingerprint density at radius 1 is 1.18 bits per heavy atom. The molecule has 2 aliphatic heterocycles. The first-order valence-corrected chi connectivity index (χ1v) is 13.6. The summed E-state index contributed by atoms with van der Waals surface area (Å²) in [6.07, 6.45) is 7.84. The van der Waals surface area contributed by atoms with Crippen LogP contribution in [-0.2, 0) is 14.4 Å². The third kappa shape index (κ3) is 4.99. The number of aromatic nitrogens is 2. The number of rotatable bonds is 8. The molecule has 4 heterocycles. The number of likely N-dealkylation sites (tertiary alicyclic amines) is 1. The van der Waals surface area contributed by atoms with Crippen LogP contribution in [0.1, 0.15) is 61.9 Å². The molecule has 38 heavy (non-hydrogen) atoms. The number of hydrogen-bond donors (Lipinski definition) is 4. The highest BCUT2D eigenvalue weighted by Gasteiger charge is 2.51. The molecule has 11 heteroatoms. The molecule has 11 nitrogen and oxygen atoms in total. The van der Waals surface area contributed by atoms with Crippen LogP contribution >= 0.6 is 0 Å². The second kappa shape index (κ2) is 9.68. The van der Waals surface area contributed by atoms with E-state index in [1.807, 2.05) is 24.4 Å². The van der Waals surface area contributed by atoms with E-state index in [2.05, 4.69) is 20.9 Å². The number of imidazole rings is 1. The van der Waals surface area contributed by atoms with Crippen molar-refractivity contribution in [3.63, 3.8) is 0 Å². The van der Waals surface area contributed by atoms with E-state index in [1.54, 1.807) is 15.5 Å². The maximum Gasteiger partial charge on any atom is 0.274 e. The number of carbonyl (C=O) groups is 4. The lowest BCUT2D eigenvalue weighted by Crippen LogP contribution is -2.59. The third-order valence-electron chi connectivity index (χ3n) is 8.59. The van der Waals surface area contributed by atoms with E-state index < -0.39 is 35.9 Å². The van der Waals surface area contributed by atoms with Crippen LogP contribution in [0.25, 0.3) is 5.65 Å². The Balaban J connectivity index is 1.22. The number of nitrogens with zero attached hydrogens (tertiary/aromatic N) is 3. The molecule has 0 aromatic carbocycles. The van der Waals surface area contributed by atoms with Crippen LogP contribution in [0.2, 0.25) is 0 Å². The van der Waals surface area contributed by atoms with Gasteiger partial charge in [0.05, 0.1) is 6.04 Å². The average Bonchev–Trinajstić information content (AvgIpc) is 3.80. The van der Waals surface area contributed by atoms with E-state index >= 15 is 0 Å². The highest BCUT2D eigenvalue weighted by Crippen LogP contribution is 2.55. The molecule has 4 aliphatic rings. The van der Waals surface area contributed by atoms with Gasteiger partial charge in [-0.15, -0.1) is 0 Å². The Morgan fingerprint density at radius 3 is 2.68 bits per heavy atom. The summed E-state index contributed by atoms with van der Waals surface area (Å²) in [7, 11) is 0. The zero-order valence-corrected chi connectivity index (χ0v) is 21.3. The summed E-state index contributed by atoms with van der Waals surface area (Å²) in [4.78, 5) is 58.4. The van der Waals surface area contributed by atoms with Gasteiger partial charge in [-0.25, -0.2) is 4.98 Å². The molecule has 2 aromatic heterocycles. The lowest BCUT2D eigenvalue weighted by atomic mass is 9.86. The van der Waals surface area contributed by atoms with Crippen LogP contribution < -0.4 is 16.0 Å². The van der Waals surface area contributed by atoms with E-state index in [-0.39, 0.29) is 35.4 Å². The number of amides is 4. The topological polar surface area (TPSA) is 145 Å². The van der Waals surface area contributed by atoms with E-state index in [0.29, 0.717) is 31.6 Å². The molecule has 4 amide bonds. The molecular formula is C27H34N6O5. The Labute approximate surface area is 220 Å². The Morgan fingerprint density at radius 2 is 2.00 bits per heavy atom. The lowest BCUT2D eigenvalue weighted by molar-refractivity contribution is -0.135. The standard InChI is InChI=1S/C27H34N6O5/c34-22(25(37)29-17-4-5-17)18(13-16-6-10-28-23(16)35)31-24(36)20-14-27(7-8-27)9-12-33(20)26(38)19-15-32-11-2-1-3-21(32)30-19/h1-3,11,15-18,20,22,34H,4-10,12-14H2,(H,28,35)(H,29,37)(H,31,36)/t16-,18?,20-,22?/m0/s1. The summed E-state index contributed by atoms with van der Waals surface area (Å²) >= 11 is 0. The minimum Gasteiger partial charge on any atom is -0.381 e. The average molecular weight is 523 g/mol. The molecule has 0 radical (unpaired) electrons. The SMILES string of the molecule is O=C(NC1CC1)C(O)C(C[C@@H]1CCNC1=O)NC(=O)[C@@H]1CC2(CCN1C(=O)c1cn3ccccc3n1)CC2. The van der Waals surface area contributed by atoms with Gasteiger partial charge in [0.1, 0.15) is 17.4 Å². The highest BCUT2D eigenvalue weighted by atomic mass is 16.3. The highest BCUT2D eigenvalue weighted by molar-refractivity contribution is 5.97. The van der Waals surface area contributed by atoms with Gasteiger partial charge in [0.15, 0.2) is 6.10 Å². The Bertz CT molecular complexity index is 1230. The molecular weight excluding hydrogens is 488 g/mol. The quantitative estimate of drug-likeness (QED) is 0.394. The van der Waals surface area contributed by atoms with E-state index in [0.717, 1.165) is 32.1 Å². The van der Waals surface area contributed by atoms with Crippen LogP contribution in [-0.4, -0.2) is 80.3 Å². The molecule has 2 aliphatic carbocycles. The zero-order chi connectivity index (χ0) is 26.4. The van der Waals surface area contributed by atoms with Crippen molar-refractivity contribution in [1.82, 2.24) is 30.2 Å². The number of aliphatic hydroxyl groups excluding tert-OH is 1. The van der Waals surface area contributed by atoms with Gasteiger partial charge in [-0.3, -0.25) is 19.2 Å². The fourth-order valence-electron chi connectivity index (χ4n) is 5.85. The normalized spacial score (nSPS) is 25.6. The van der Waals surface area contributed by atoms with Crippen LogP contribution in [0.15, 0.2) is 30.6 Å². The molecule has 2 saturated carbocycles. The smallest absolute Gasteiger partial charge is 0.274 e. The van der Waals surface area contributed by atoms with Crippen LogP contribution in [0.5, 0.6) is 0 Å². The first kappa shape index (κ1) is 24.8. The van der Waals surface area contributed by atoms with Crippen molar-refractivity contribution in [3.05, 3.63) is 36.3 Å². The fourth-order valence-corrected chi connectivity index (χ4v) is 5.85. The van der Waals surface area contributed by atoms with Crippen molar-refractivity contribution in [2.45, 2.75) is 75.6 Å². The second-order valence-electron chi connectivity index (χ2n) is 11.4. The predicted octanol–water partition coefficient (Wildman–Crippen LogP) is 0.370. The van der Waals surface area contributed by atoms with Gasteiger partial charge in [0.2, 0.25) is 11.8 Å². The molecule has 2 unspecified atom stereocenters. The number of pyridine rings is 1. The van der Waals surface area contributed by atoms with Gasteiger partial charge < -0.3 is 30.4 Å². The minimum absolute atomic E-state index is 0.0508. The third-order valence-corrected chi connectivity index (χ3v) is 8.59. The summed E-state index contributed by atoms with van der Waals surface area (Å²) in [6.45, 7) is 0.964. The first-order valence-electron chi connectivity index (χ1n) is 13.6. The minimum atomic E-state index is -1.49. The van der Waals surface area contributed by atoms with Crippen LogP contribution in [0.4, 0.5) is 0 Å². The van der Waals surface area contributed by atoms with Crippen LogP contribution in [0.3, 0.4) is 0 Å². The number of nitrogens with one attached hydrogen (secondary N) is 3. The molecule has 4 atom stereocenters. The van der Waals surface area contributed by atoms with Crippen molar-refractivity contribution in [3.8, 4) is 0 Å². The number of fused-ring (bicyclic) bond motifs is 1. The fraction of sp³-hybridized carbons (Fsp3) is 0.593. The lowest BCUT2D eigenvalue weighted by Gasteiger charge is -2.39. The molecule has 202 valence electrons. The number of piperidine rings is 1. The molecule has 4 fully saturated rings. The molecule has 2 aromatic rings. The van der Waals surface area contributed by atoms with Crippen molar-refractivity contribution in [1.29, 1.82) is 0 Å². The van der Waals surface area contributed by atoms with E-state index in [1.165, 1.54) is 0 Å². The summed E-state index contributed by atoms with van der Waals surface area (Å²) in [5.41, 5.74) is 0.969.